The Kier molecular flexibility index (Phi) is 6.42. The van der Waals surface area contributed by atoms with Gasteiger partial charge in [0.05, 0.1) is 38.0 Å². The highest BCUT2D eigenvalue weighted by Gasteiger charge is 2.49. The third kappa shape index (κ3) is 4.05. The molecule has 5 atom stereocenters. The van der Waals surface area contributed by atoms with Crippen molar-refractivity contribution in [3.05, 3.63) is 0 Å². The zero-order valence-electron chi connectivity index (χ0n) is 15.3. The van der Waals surface area contributed by atoms with Crippen molar-refractivity contribution in [2.45, 2.75) is 72.3 Å². The maximum Gasteiger partial charge on any atom is 0.251 e. The fourth-order valence-corrected chi connectivity index (χ4v) is 4.51. The number of hydrogen-bond acceptors (Lipinski definition) is 3. The summed E-state index contributed by atoms with van der Waals surface area (Å²) in [5, 5.41) is 0. The third-order valence-electron chi connectivity index (χ3n) is 5.37. The number of alkyl halides is 2. The Morgan fingerprint density at radius 3 is 2.09 bits per heavy atom. The van der Waals surface area contributed by atoms with Gasteiger partial charge >= 0.3 is 0 Å². The molecule has 0 radical (unpaired) electrons. The standard InChI is InChI=1S/C18H33F2NO2/c1-10(2)16-17(11(3)4)21(7-15(19)20)13-8-22-9-14(13)23-18(16)12(5)6/h10-18H,7-9H2,1-6H3. The van der Waals surface area contributed by atoms with E-state index in [-0.39, 0.29) is 36.8 Å². The molecule has 2 aliphatic rings. The topological polar surface area (TPSA) is 21.7 Å². The van der Waals surface area contributed by atoms with E-state index >= 15 is 0 Å². The first-order valence-corrected chi connectivity index (χ1v) is 9.01. The highest BCUT2D eigenvalue weighted by atomic mass is 19.3. The summed E-state index contributed by atoms with van der Waals surface area (Å²) in [4.78, 5) is 2.01. The van der Waals surface area contributed by atoms with Crippen molar-refractivity contribution in [3.8, 4) is 0 Å². The average molecular weight is 333 g/mol. The van der Waals surface area contributed by atoms with Crippen molar-refractivity contribution in [2.24, 2.45) is 23.7 Å². The Morgan fingerprint density at radius 2 is 1.61 bits per heavy atom. The van der Waals surface area contributed by atoms with Crippen molar-refractivity contribution in [2.75, 3.05) is 19.8 Å². The predicted molar refractivity (Wildman–Crippen MR) is 87.8 cm³/mol. The first-order chi connectivity index (χ1) is 10.7. The molecule has 0 bridgehead atoms. The van der Waals surface area contributed by atoms with Gasteiger partial charge in [0.25, 0.3) is 6.43 Å². The molecule has 0 aromatic rings. The Labute approximate surface area is 139 Å². The van der Waals surface area contributed by atoms with Crippen LogP contribution in [0, 0.1) is 23.7 Å². The fraction of sp³-hybridized carbons (Fsp3) is 1.00. The SMILES string of the molecule is CC(C)C1OC2COCC2N(CC(F)F)C(C(C)C)C1C(C)C. The minimum absolute atomic E-state index is 0.0543. The number of fused-ring (bicyclic) bond motifs is 1. The van der Waals surface area contributed by atoms with E-state index in [1.807, 2.05) is 4.90 Å². The lowest BCUT2D eigenvalue weighted by molar-refractivity contribution is -0.0749. The average Bonchev–Trinajstić information content (AvgIpc) is 2.82. The summed E-state index contributed by atoms with van der Waals surface area (Å²) in [6.07, 6.45) is -2.34. The molecule has 2 aliphatic heterocycles. The normalized spacial score (nSPS) is 36.3. The molecule has 2 saturated heterocycles. The van der Waals surface area contributed by atoms with Crippen molar-refractivity contribution in [1.82, 2.24) is 4.90 Å². The number of ether oxygens (including phenoxy) is 2. The largest absolute Gasteiger partial charge is 0.377 e. The molecular weight excluding hydrogens is 300 g/mol. The zero-order valence-corrected chi connectivity index (χ0v) is 15.3. The van der Waals surface area contributed by atoms with E-state index in [2.05, 4.69) is 41.5 Å². The summed E-state index contributed by atoms with van der Waals surface area (Å²) in [5.74, 6) is 1.29. The maximum absolute atomic E-state index is 13.3. The third-order valence-corrected chi connectivity index (χ3v) is 5.37. The number of halogens is 2. The monoisotopic (exact) mass is 333 g/mol. The van der Waals surface area contributed by atoms with Crippen LogP contribution in [0.2, 0.25) is 0 Å². The highest BCUT2D eigenvalue weighted by Crippen LogP contribution is 2.40. The van der Waals surface area contributed by atoms with Crippen LogP contribution >= 0.6 is 0 Å². The minimum Gasteiger partial charge on any atom is -0.377 e. The Balaban J connectivity index is 2.44. The van der Waals surface area contributed by atoms with Crippen LogP contribution in [0.5, 0.6) is 0 Å². The van der Waals surface area contributed by atoms with Gasteiger partial charge in [-0.25, -0.2) is 8.78 Å². The second-order valence-electron chi connectivity index (χ2n) is 8.13. The number of nitrogens with zero attached hydrogens (tertiary/aromatic N) is 1. The summed E-state index contributed by atoms with van der Waals surface area (Å²) < 4.78 is 38.7. The Morgan fingerprint density at radius 1 is 0.957 bits per heavy atom. The van der Waals surface area contributed by atoms with Crippen molar-refractivity contribution < 1.29 is 18.3 Å². The van der Waals surface area contributed by atoms with E-state index in [4.69, 9.17) is 9.47 Å². The molecule has 2 heterocycles. The second-order valence-corrected chi connectivity index (χ2v) is 8.13. The summed E-state index contributed by atoms with van der Waals surface area (Å²) in [5.41, 5.74) is 0. The van der Waals surface area contributed by atoms with Crippen LogP contribution in [0.3, 0.4) is 0 Å². The van der Waals surface area contributed by atoms with Crippen molar-refractivity contribution in [1.29, 1.82) is 0 Å². The Hall–Kier alpha value is -0.260. The predicted octanol–water partition coefficient (Wildman–Crippen LogP) is 3.67. The van der Waals surface area contributed by atoms with Crippen LogP contribution in [-0.4, -0.2) is 55.4 Å². The molecule has 0 aromatic carbocycles. The van der Waals surface area contributed by atoms with Crippen LogP contribution in [0.15, 0.2) is 0 Å². The van der Waals surface area contributed by atoms with Crippen LogP contribution in [0.25, 0.3) is 0 Å². The molecule has 5 heteroatoms. The van der Waals surface area contributed by atoms with E-state index in [9.17, 15) is 8.78 Å². The van der Waals surface area contributed by atoms with Crippen LogP contribution in [-0.2, 0) is 9.47 Å². The minimum atomic E-state index is -2.33. The first-order valence-electron chi connectivity index (χ1n) is 9.01. The zero-order chi connectivity index (χ0) is 17.3. The van der Waals surface area contributed by atoms with Crippen molar-refractivity contribution in [3.63, 3.8) is 0 Å². The second kappa shape index (κ2) is 7.75. The van der Waals surface area contributed by atoms with Gasteiger partial charge in [-0.15, -0.1) is 0 Å². The first kappa shape index (κ1) is 19.1. The maximum atomic E-state index is 13.3. The van der Waals surface area contributed by atoms with Crippen molar-refractivity contribution >= 4 is 0 Å². The number of rotatable bonds is 5. The van der Waals surface area contributed by atoms with Gasteiger partial charge < -0.3 is 9.47 Å². The van der Waals surface area contributed by atoms with Gasteiger partial charge in [-0.1, -0.05) is 41.5 Å². The lowest BCUT2D eigenvalue weighted by Crippen LogP contribution is -2.54. The highest BCUT2D eigenvalue weighted by molar-refractivity contribution is 4.99. The van der Waals surface area contributed by atoms with E-state index in [0.29, 0.717) is 31.0 Å². The van der Waals surface area contributed by atoms with Crippen LogP contribution in [0.1, 0.15) is 41.5 Å². The summed E-state index contributed by atoms with van der Waals surface area (Å²) in [6.45, 7) is 13.8. The number of hydrogen-bond donors (Lipinski definition) is 0. The van der Waals surface area contributed by atoms with E-state index in [1.165, 1.54) is 0 Å². The molecular formula is C18H33F2NO2. The lowest BCUT2D eigenvalue weighted by Gasteiger charge is -2.44. The summed E-state index contributed by atoms with van der Waals surface area (Å²) in [7, 11) is 0. The molecule has 23 heavy (non-hydrogen) atoms. The van der Waals surface area contributed by atoms with Gasteiger partial charge in [0.1, 0.15) is 0 Å². The van der Waals surface area contributed by atoms with Gasteiger partial charge in [0, 0.05) is 12.0 Å². The molecule has 0 spiro atoms. The van der Waals surface area contributed by atoms with Crippen LogP contribution < -0.4 is 0 Å². The van der Waals surface area contributed by atoms with E-state index in [0.717, 1.165) is 0 Å². The molecule has 136 valence electrons. The van der Waals surface area contributed by atoms with Gasteiger partial charge in [-0.3, -0.25) is 4.90 Å². The molecule has 0 aromatic heterocycles. The van der Waals surface area contributed by atoms with E-state index in [1.54, 1.807) is 0 Å². The summed E-state index contributed by atoms with van der Waals surface area (Å²) >= 11 is 0. The molecule has 0 aliphatic carbocycles. The molecule has 2 rings (SSSR count). The fourth-order valence-electron chi connectivity index (χ4n) is 4.51. The molecule has 5 unspecified atom stereocenters. The summed E-state index contributed by atoms with van der Waals surface area (Å²) in [6, 6.07) is 0.0366. The van der Waals surface area contributed by atoms with Crippen LogP contribution in [0.4, 0.5) is 8.78 Å². The van der Waals surface area contributed by atoms with Gasteiger partial charge in [-0.05, 0) is 17.8 Å². The molecule has 3 nitrogen and oxygen atoms in total. The molecule has 0 saturated carbocycles. The quantitative estimate of drug-likeness (QED) is 0.766. The molecule has 0 amide bonds. The molecule has 0 N–H and O–H groups in total. The Bertz CT molecular complexity index is 376. The smallest absolute Gasteiger partial charge is 0.251 e. The van der Waals surface area contributed by atoms with Gasteiger partial charge in [0.15, 0.2) is 0 Å². The lowest BCUT2D eigenvalue weighted by atomic mass is 9.75. The van der Waals surface area contributed by atoms with Gasteiger partial charge in [0.2, 0.25) is 0 Å². The molecule has 2 fully saturated rings. The van der Waals surface area contributed by atoms with Gasteiger partial charge in [-0.2, -0.15) is 0 Å². The van der Waals surface area contributed by atoms with E-state index < -0.39 is 6.43 Å².